The normalized spacial score (nSPS) is 17.6. The van der Waals surface area contributed by atoms with Crippen molar-refractivity contribution in [2.75, 3.05) is 20.3 Å². The Bertz CT molecular complexity index is 647. The summed E-state index contributed by atoms with van der Waals surface area (Å²) in [6.07, 6.45) is 2.17. The molecule has 1 aliphatic rings. The number of hydrogen-bond donors (Lipinski definition) is 0. The van der Waals surface area contributed by atoms with E-state index < -0.39 is 0 Å². The van der Waals surface area contributed by atoms with Gasteiger partial charge in [-0.25, -0.2) is 4.79 Å². The number of carbonyl (C=O) groups excluding carboxylic acids is 1. The van der Waals surface area contributed by atoms with E-state index in [1.54, 1.807) is 6.07 Å². The van der Waals surface area contributed by atoms with Crippen LogP contribution in [0, 0.1) is 0 Å². The summed E-state index contributed by atoms with van der Waals surface area (Å²) >= 11 is 0. The van der Waals surface area contributed by atoms with Gasteiger partial charge in [0.1, 0.15) is 0 Å². The van der Waals surface area contributed by atoms with Gasteiger partial charge in [-0.3, -0.25) is 0 Å². The van der Waals surface area contributed by atoms with Crippen molar-refractivity contribution in [1.29, 1.82) is 0 Å². The van der Waals surface area contributed by atoms with Crippen molar-refractivity contribution in [2.24, 2.45) is 0 Å². The average molecular weight is 302 g/mol. The maximum Gasteiger partial charge on any atom is 0.338 e. The molecule has 1 saturated heterocycles. The van der Waals surface area contributed by atoms with Crippen LogP contribution in [-0.4, -0.2) is 36.4 Å². The van der Waals surface area contributed by atoms with E-state index in [1.807, 2.05) is 18.2 Å². The highest BCUT2D eigenvalue weighted by molar-refractivity contribution is 5.90. The molecular formula is C16H18N2O4. The Morgan fingerprint density at radius 2 is 2.23 bits per heavy atom. The number of ether oxygens (including phenoxy) is 2. The van der Waals surface area contributed by atoms with Crippen LogP contribution < -0.4 is 0 Å². The van der Waals surface area contributed by atoms with Crippen molar-refractivity contribution in [3.8, 4) is 0 Å². The quantitative estimate of drug-likeness (QED) is 0.788. The first kappa shape index (κ1) is 14.7. The lowest BCUT2D eigenvalue weighted by molar-refractivity contribution is 0.0599. The van der Waals surface area contributed by atoms with Crippen LogP contribution in [-0.2, 0) is 22.3 Å². The maximum absolute atomic E-state index is 11.7. The number of aromatic nitrogens is 2. The first-order valence-electron chi connectivity index (χ1n) is 7.34. The van der Waals surface area contributed by atoms with E-state index in [2.05, 4.69) is 10.1 Å². The molecule has 0 unspecified atom stereocenters. The van der Waals surface area contributed by atoms with Gasteiger partial charge < -0.3 is 14.0 Å². The molecule has 1 atom stereocenters. The van der Waals surface area contributed by atoms with Crippen LogP contribution in [0.4, 0.5) is 0 Å². The van der Waals surface area contributed by atoms with Crippen LogP contribution in [0.5, 0.6) is 0 Å². The molecule has 0 spiro atoms. The second kappa shape index (κ2) is 6.70. The molecule has 1 aromatic heterocycles. The molecule has 22 heavy (non-hydrogen) atoms. The molecule has 6 heteroatoms. The van der Waals surface area contributed by atoms with Crippen LogP contribution in [0.3, 0.4) is 0 Å². The Hall–Kier alpha value is -2.21. The molecule has 0 aliphatic carbocycles. The SMILES string of the molecule is COC(=O)c1ccccc1CCc1nc([C@@H]2CCOC2)no1. The summed E-state index contributed by atoms with van der Waals surface area (Å²) in [5.74, 6) is 1.21. The topological polar surface area (TPSA) is 74.5 Å². The van der Waals surface area contributed by atoms with Crippen LogP contribution >= 0.6 is 0 Å². The molecule has 0 saturated carbocycles. The summed E-state index contributed by atoms with van der Waals surface area (Å²) in [6.45, 7) is 1.41. The van der Waals surface area contributed by atoms with E-state index >= 15 is 0 Å². The lowest BCUT2D eigenvalue weighted by Crippen LogP contribution is -2.06. The number of benzene rings is 1. The van der Waals surface area contributed by atoms with E-state index in [1.165, 1.54) is 7.11 Å². The number of aryl methyl sites for hydroxylation is 2. The molecule has 1 fully saturated rings. The first-order valence-corrected chi connectivity index (χ1v) is 7.34. The van der Waals surface area contributed by atoms with Gasteiger partial charge in [0.25, 0.3) is 0 Å². The van der Waals surface area contributed by atoms with Crippen LogP contribution in [0.2, 0.25) is 0 Å². The van der Waals surface area contributed by atoms with E-state index in [4.69, 9.17) is 14.0 Å². The Morgan fingerprint density at radius 1 is 1.36 bits per heavy atom. The molecule has 1 aromatic carbocycles. The average Bonchev–Trinajstić information content (AvgIpc) is 3.23. The lowest BCUT2D eigenvalue weighted by Gasteiger charge is -2.06. The van der Waals surface area contributed by atoms with Gasteiger partial charge in [0, 0.05) is 18.9 Å². The van der Waals surface area contributed by atoms with Gasteiger partial charge in [-0.15, -0.1) is 0 Å². The van der Waals surface area contributed by atoms with E-state index in [0.29, 0.717) is 36.7 Å². The Morgan fingerprint density at radius 3 is 3.00 bits per heavy atom. The summed E-state index contributed by atoms with van der Waals surface area (Å²) in [5, 5.41) is 4.03. The standard InChI is InChI=1S/C16H18N2O4/c1-20-16(19)13-5-3-2-4-11(13)6-7-14-17-15(18-22-14)12-8-9-21-10-12/h2-5,12H,6-10H2,1H3/t12-/m1/s1. The van der Waals surface area contributed by atoms with Gasteiger partial charge in [0.15, 0.2) is 5.82 Å². The van der Waals surface area contributed by atoms with Gasteiger partial charge in [-0.05, 0) is 24.5 Å². The molecule has 1 aliphatic heterocycles. The minimum Gasteiger partial charge on any atom is -0.465 e. The van der Waals surface area contributed by atoms with Gasteiger partial charge >= 0.3 is 5.97 Å². The predicted octanol–water partition coefficient (Wildman–Crippen LogP) is 2.15. The number of methoxy groups -OCH3 is 1. The third-order valence-electron chi connectivity index (χ3n) is 3.81. The lowest BCUT2D eigenvalue weighted by atomic mass is 10.0. The van der Waals surface area contributed by atoms with Crippen LogP contribution in [0.25, 0.3) is 0 Å². The molecule has 0 radical (unpaired) electrons. The fourth-order valence-electron chi connectivity index (χ4n) is 2.56. The summed E-state index contributed by atoms with van der Waals surface area (Å²) in [6, 6.07) is 7.39. The van der Waals surface area contributed by atoms with Gasteiger partial charge in [0.2, 0.25) is 5.89 Å². The summed E-state index contributed by atoms with van der Waals surface area (Å²) in [5.41, 5.74) is 1.49. The fourth-order valence-corrected chi connectivity index (χ4v) is 2.56. The smallest absolute Gasteiger partial charge is 0.338 e. The third-order valence-corrected chi connectivity index (χ3v) is 3.81. The highest BCUT2D eigenvalue weighted by Crippen LogP contribution is 2.22. The number of hydrogen-bond acceptors (Lipinski definition) is 6. The first-order chi connectivity index (χ1) is 10.8. The van der Waals surface area contributed by atoms with Crippen LogP contribution in [0.15, 0.2) is 28.8 Å². The van der Waals surface area contributed by atoms with E-state index in [9.17, 15) is 4.79 Å². The molecular weight excluding hydrogens is 284 g/mol. The van der Waals surface area contributed by atoms with Crippen LogP contribution in [0.1, 0.15) is 40.0 Å². The molecule has 116 valence electrons. The van der Waals surface area contributed by atoms with Crippen molar-refractivity contribution >= 4 is 5.97 Å². The number of carbonyl (C=O) groups is 1. The van der Waals surface area contributed by atoms with Gasteiger partial charge in [0.05, 0.1) is 19.3 Å². The van der Waals surface area contributed by atoms with Gasteiger partial charge in [-0.2, -0.15) is 4.98 Å². The van der Waals surface area contributed by atoms with Crippen molar-refractivity contribution in [3.63, 3.8) is 0 Å². The third kappa shape index (κ3) is 3.17. The van der Waals surface area contributed by atoms with Gasteiger partial charge in [-0.1, -0.05) is 23.4 Å². The van der Waals surface area contributed by atoms with Crippen molar-refractivity contribution in [3.05, 3.63) is 47.1 Å². The molecule has 6 nitrogen and oxygen atoms in total. The van der Waals surface area contributed by atoms with Crippen molar-refractivity contribution in [1.82, 2.24) is 10.1 Å². The van der Waals surface area contributed by atoms with E-state index in [0.717, 1.165) is 18.6 Å². The summed E-state index contributed by atoms with van der Waals surface area (Å²) < 4.78 is 15.4. The second-order valence-electron chi connectivity index (χ2n) is 5.26. The summed E-state index contributed by atoms with van der Waals surface area (Å²) in [4.78, 5) is 16.2. The molecule has 0 amide bonds. The minimum atomic E-state index is -0.329. The highest BCUT2D eigenvalue weighted by atomic mass is 16.5. The fraction of sp³-hybridized carbons (Fsp3) is 0.438. The largest absolute Gasteiger partial charge is 0.465 e. The molecule has 3 rings (SSSR count). The number of rotatable bonds is 5. The molecule has 0 bridgehead atoms. The molecule has 0 N–H and O–H groups in total. The van der Waals surface area contributed by atoms with E-state index in [-0.39, 0.29) is 11.9 Å². The zero-order chi connectivity index (χ0) is 15.4. The predicted molar refractivity (Wildman–Crippen MR) is 77.7 cm³/mol. The Balaban J connectivity index is 1.66. The number of nitrogens with zero attached hydrogens (tertiary/aromatic N) is 2. The molecule has 2 aromatic rings. The zero-order valence-corrected chi connectivity index (χ0v) is 12.4. The zero-order valence-electron chi connectivity index (χ0n) is 12.4. The summed E-state index contributed by atoms with van der Waals surface area (Å²) in [7, 11) is 1.38. The maximum atomic E-state index is 11.7. The highest BCUT2D eigenvalue weighted by Gasteiger charge is 2.23. The Labute approximate surface area is 128 Å². The Kier molecular flexibility index (Phi) is 4.48. The second-order valence-corrected chi connectivity index (χ2v) is 5.26. The molecule has 2 heterocycles. The minimum absolute atomic E-state index is 0.236. The van der Waals surface area contributed by atoms with Crippen molar-refractivity contribution < 1.29 is 18.8 Å². The number of esters is 1. The monoisotopic (exact) mass is 302 g/mol. The van der Waals surface area contributed by atoms with Crippen molar-refractivity contribution in [2.45, 2.75) is 25.2 Å².